The molecule has 0 aliphatic rings. The van der Waals surface area contributed by atoms with Gasteiger partial charge in [0.15, 0.2) is 10.9 Å². The highest BCUT2D eigenvalue weighted by Crippen LogP contribution is 2.30. The normalized spacial score (nSPS) is 12.0. The Bertz CT molecular complexity index is 1320. The molecule has 4 aromatic rings. The molecule has 7 nitrogen and oxygen atoms in total. The molecule has 2 heterocycles. The van der Waals surface area contributed by atoms with Crippen molar-refractivity contribution in [1.29, 1.82) is 0 Å². The van der Waals surface area contributed by atoms with Crippen molar-refractivity contribution in [2.24, 2.45) is 5.92 Å². The number of nitrogens with one attached hydrogen (secondary N) is 2. The lowest BCUT2D eigenvalue weighted by molar-refractivity contribution is -0.143. The van der Waals surface area contributed by atoms with E-state index in [1.807, 2.05) is 38.1 Å². The largest absolute Gasteiger partial charge is 0.467 e. The lowest BCUT2D eigenvalue weighted by Gasteiger charge is -2.18. The van der Waals surface area contributed by atoms with E-state index in [2.05, 4.69) is 20.8 Å². The molecule has 176 valence electrons. The quantitative estimate of drug-likeness (QED) is 0.237. The van der Waals surface area contributed by atoms with Crippen LogP contribution in [0.15, 0.2) is 53.1 Å². The number of carbonyl (C=O) groups excluding carboxylic acids is 1. The number of aromatic nitrogens is 2. The van der Waals surface area contributed by atoms with E-state index >= 15 is 0 Å². The number of benzene rings is 2. The molecule has 0 saturated carbocycles. The topological polar surface area (TPSA) is 89.3 Å². The highest BCUT2D eigenvalue weighted by Gasteiger charge is 2.23. The van der Waals surface area contributed by atoms with Crippen LogP contribution >= 0.6 is 23.6 Å². The Kier molecular flexibility index (Phi) is 7.18. The van der Waals surface area contributed by atoms with Gasteiger partial charge in [0.2, 0.25) is 0 Å². The van der Waals surface area contributed by atoms with Crippen LogP contribution in [0.2, 0.25) is 0 Å². The van der Waals surface area contributed by atoms with E-state index < -0.39 is 6.04 Å². The van der Waals surface area contributed by atoms with Gasteiger partial charge in [-0.15, -0.1) is 0 Å². The molecule has 34 heavy (non-hydrogen) atoms. The smallest absolute Gasteiger partial charge is 0.328 e. The Morgan fingerprint density at radius 2 is 1.97 bits per heavy atom. The maximum atomic E-state index is 13.4. The maximum Gasteiger partial charge on any atom is 0.328 e. The van der Waals surface area contributed by atoms with Crippen molar-refractivity contribution < 1.29 is 18.4 Å². The summed E-state index contributed by atoms with van der Waals surface area (Å²) in [6.07, 6.45) is 0.575. The molecule has 0 bridgehead atoms. The van der Waals surface area contributed by atoms with Gasteiger partial charge in [-0.1, -0.05) is 54.7 Å². The number of hydrogen-bond acceptors (Lipinski definition) is 8. The molecule has 2 aromatic heterocycles. The minimum absolute atomic E-state index is 0.278. The summed E-state index contributed by atoms with van der Waals surface area (Å²) >= 11 is 6.80. The first kappa shape index (κ1) is 23.8. The van der Waals surface area contributed by atoms with Crippen molar-refractivity contribution in [1.82, 2.24) is 15.5 Å². The Hall–Kier alpha value is -3.37. The van der Waals surface area contributed by atoms with Gasteiger partial charge in [0.05, 0.1) is 17.3 Å². The molecule has 0 amide bonds. The number of fused-ring (bicyclic) bond motifs is 1. The first-order chi connectivity index (χ1) is 16.3. The number of thiazole rings is 1. The minimum atomic E-state index is -0.560. The molecule has 4 rings (SSSR count). The summed E-state index contributed by atoms with van der Waals surface area (Å²) in [7, 11) is 1.35. The summed E-state index contributed by atoms with van der Waals surface area (Å²) < 4.78 is 24.5. The molecular weight excluding hydrogens is 475 g/mol. The molecule has 0 saturated heterocycles. The van der Waals surface area contributed by atoms with Crippen molar-refractivity contribution >= 4 is 55.5 Å². The van der Waals surface area contributed by atoms with Crippen molar-refractivity contribution in [3.05, 3.63) is 60.1 Å². The Morgan fingerprint density at radius 3 is 2.68 bits per heavy atom. The van der Waals surface area contributed by atoms with Crippen LogP contribution in [-0.4, -0.2) is 34.3 Å². The number of esters is 1. The highest BCUT2D eigenvalue weighted by atomic mass is 32.1. The van der Waals surface area contributed by atoms with E-state index in [4.69, 9.17) is 21.5 Å². The van der Waals surface area contributed by atoms with Gasteiger partial charge in [0.1, 0.15) is 22.5 Å². The molecule has 0 aliphatic carbocycles. The monoisotopic (exact) mass is 498 g/mol. The van der Waals surface area contributed by atoms with Crippen molar-refractivity contribution in [3.63, 3.8) is 0 Å². The van der Waals surface area contributed by atoms with Gasteiger partial charge in [0.25, 0.3) is 0 Å². The second-order valence-electron chi connectivity index (χ2n) is 8.09. The average molecular weight is 499 g/mol. The third-order valence-electron chi connectivity index (χ3n) is 5.01. The predicted molar refractivity (Wildman–Crippen MR) is 135 cm³/mol. The number of nitrogens with zero attached hydrogens (tertiary/aromatic N) is 2. The summed E-state index contributed by atoms with van der Waals surface area (Å²) in [5.74, 6) is -0.0149. The third-order valence-corrected chi connectivity index (χ3v) is 6.27. The van der Waals surface area contributed by atoms with Gasteiger partial charge in [-0.2, -0.15) is 0 Å². The molecule has 0 fully saturated rings. The number of hydrogen-bond donors (Lipinski definition) is 2. The molecule has 2 aromatic carbocycles. The molecule has 2 N–H and O–H groups in total. The molecule has 10 heteroatoms. The fourth-order valence-corrected chi connectivity index (χ4v) is 4.52. The van der Waals surface area contributed by atoms with Crippen LogP contribution in [0.1, 0.15) is 26.0 Å². The summed E-state index contributed by atoms with van der Waals surface area (Å²) in [6.45, 7) is 4.03. The van der Waals surface area contributed by atoms with Crippen LogP contribution in [0.25, 0.3) is 21.5 Å². The Balaban J connectivity index is 1.43. The molecular formula is C24H23FN4O3S2. The number of methoxy groups -OCH3 is 1. The molecule has 1 unspecified atom stereocenters. The maximum absolute atomic E-state index is 13.4. The number of thiocarbonyl (C=S) groups is 1. The number of anilines is 2. The van der Waals surface area contributed by atoms with Crippen LogP contribution in [0, 0.1) is 11.7 Å². The number of carbonyl (C=O) groups is 1. The Labute approximate surface area is 205 Å². The highest BCUT2D eigenvalue weighted by molar-refractivity contribution is 7.80. The van der Waals surface area contributed by atoms with Gasteiger partial charge in [-0.25, -0.2) is 14.2 Å². The van der Waals surface area contributed by atoms with Crippen LogP contribution in [-0.2, 0) is 9.53 Å². The van der Waals surface area contributed by atoms with Crippen LogP contribution in [0.4, 0.5) is 15.2 Å². The first-order valence-corrected chi connectivity index (χ1v) is 11.8. The van der Waals surface area contributed by atoms with E-state index in [1.165, 1.54) is 30.6 Å². The van der Waals surface area contributed by atoms with Crippen LogP contribution in [0.5, 0.6) is 0 Å². The van der Waals surface area contributed by atoms with E-state index in [0.29, 0.717) is 28.0 Å². The molecule has 0 aliphatic heterocycles. The Morgan fingerprint density at radius 1 is 1.21 bits per heavy atom. The second-order valence-corrected chi connectivity index (χ2v) is 9.53. The summed E-state index contributed by atoms with van der Waals surface area (Å²) in [5.41, 5.74) is 3.02. The molecule has 1 atom stereocenters. The van der Waals surface area contributed by atoms with E-state index in [1.54, 1.807) is 12.1 Å². The van der Waals surface area contributed by atoms with E-state index in [0.717, 1.165) is 21.5 Å². The zero-order chi connectivity index (χ0) is 24.2. The zero-order valence-corrected chi connectivity index (χ0v) is 20.4. The number of ether oxygens (including phenoxy) is 1. The fourth-order valence-electron chi connectivity index (χ4n) is 3.38. The van der Waals surface area contributed by atoms with Crippen molar-refractivity contribution in [2.75, 3.05) is 12.4 Å². The first-order valence-electron chi connectivity index (χ1n) is 10.6. The standard InChI is InChI=1S/C24H23FN4O3S2/c1-13(2)10-19(23(30)31-3)27-22(33)20-12-18(29-32-20)14-4-7-16(8-5-14)26-24-28-17-9-6-15(25)11-21(17)34-24/h4-9,11-13,19H,10H2,1-3H3,(H,26,28)(H,27,33). The summed E-state index contributed by atoms with van der Waals surface area (Å²) in [6, 6.07) is 13.3. The lowest BCUT2D eigenvalue weighted by Crippen LogP contribution is -2.41. The number of halogens is 1. The SMILES string of the molecule is COC(=O)C(CC(C)C)NC(=S)c1cc(-c2ccc(Nc3nc4ccc(F)cc4s3)cc2)no1. The van der Waals surface area contributed by atoms with E-state index in [9.17, 15) is 9.18 Å². The lowest BCUT2D eigenvalue weighted by atomic mass is 10.0. The van der Waals surface area contributed by atoms with Gasteiger partial charge in [0, 0.05) is 17.3 Å². The van der Waals surface area contributed by atoms with E-state index in [-0.39, 0.29) is 17.7 Å². The summed E-state index contributed by atoms with van der Waals surface area (Å²) in [5, 5.41) is 11.0. The number of rotatable bonds is 8. The van der Waals surface area contributed by atoms with Gasteiger partial charge >= 0.3 is 5.97 Å². The average Bonchev–Trinajstić information content (AvgIpc) is 3.45. The molecule has 0 radical (unpaired) electrons. The van der Waals surface area contributed by atoms with Crippen molar-refractivity contribution in [2.45, 2.75) is 26.3 Å². The zero-order valence-electron chi connectivity index (χ0n) is 18.8. The fraction of sp³-hybridized carbons (Fsp3) is 0.250. The van der Waals surface area contributed by atoms with Gasteiger partial charge in [-0.05, 0) is 42.7 Å². The van der Waals surface area contributed by atoms with Crippen LogP contribution in [0.3, 0.4) is 0 Å². The third kappa shape index (κ3) is 5.57. The second kappa shape index (κ2) is 10.3. The minimum Gasteiger partial charge on any atom is -0.467 e. The van der Waals surface area contributed by atoms with Crippen molar-refractivity contribution in [3.8, 4) is 11.3 Å². The van der Waals surface area contributed by atoms with Gasteiger partial charge in [-0.3, -0.25) is 0 Å². The van der Waals surface area contributed by atoms with Crippen LogP contribution < -0.4 is 10.6 Å². The predicted octanol–water partition coefficient (Wildman–Crippen LogP) is 5.69. The summed E-state index contributed by atoms with van der Waals surface area (Å²) in [4.78, 5) is 16.8. The molecule has 0 spiro atoms. The van der Waals surface area contributed by atoms with Gasteiger partial charge < -0.3 is 19.9 Å².